The Morgan fingerprint density at radius 2 is 1.19 bits per heavy atom. The first-order valence-corrected chi connectivity index (χ1v) is 8.41. The van der Waals surface area contributed by atoms with Gasteiger partial charge in [0.25, 0.3) is 0 Å². The fourth-order valence-electron chi connectivity index (χ4n) is 3.53. The highest BCUT2D eigenvalue weighted by Crippen LogP contribution is 2.49. The lowest BCUT2D eigenvalue weighted by atomic mass is 10.0. The Bertz CT molecular complexity index is 404. The largest absolute Gasteiger partial charge is 0.342 e. The maximum atomic E-state index is 12.9. The third-order valence-corrected chi connectivity index (χ3v) is 5.25. The molecule has 2 saturated heterocycles. The molecule has 2 amide bonds. The van der Waals surface area contributed by atoms with Crippen LogP contribution in [0.1, 0.15) is 38.5 Å². The van der Waals surface area contributed by atoms with Crippen molar-refractivity contribution in [2.75, 3.05) is 46.3 Å². The van der Waals surface area contributed by atoms with Gasteiger partial charge in [-0.2, -0.15) is 0 Å². The van der Waals surface area contributed by atoms with Crippen molar-refractivity contribution in [3.05, 3.63) is 0 Å². The van der Waals surface area contributed by atoms with Gasteiger partial charge in [-0.15, -0.1) is 0 Å². The van der Waals surface area contributed by atoms with Gasteiger partial charge in [-0.05, 0) is 32.7 Å². The van der Waals surface area contributed by atoms with Crippen LogP contribution in [-0.2, 0) is 9.59 Å². The molecule has 2 heterocycles. The van der Waals surface area contributed by atoms with E-state index in [1.165, 1.54) is 12.8 Å². The van der Waals surface area contributed by atoms with Gasteiger partial charge >= 0.3 is 0 Å². The van der Waals surface area contributed by atoms with Crippen molar-refractivity contribution in [2.45, 2.75) is 38.5 Å². The lowest BCUT2D eigenvalue weighted by Crippen LogP contribution is -2.53. The fourth-order valence-corrected chi connectivity index (χ4v) is 3.53. The number of nitrogens with zero attached hydrogens (tertiary/aromatic N) is 3. The van der Waals surface area contributed by atoms with Gasteiger partial charge in [0.1, 0.15) is 5.41 Å². The Morgan fingerprint density at radius 3 is 1.67 bits per heavy atom. The van der Waals surface area contributed by atoms with E-state index in [0.29, 0.717) is 0 Å². The molecule has 3 aliphatic rings. The first-order chi connectivity index (χ1) is 10.1. The van der Waals surface area contributed by atoms with Crippen LogP contribution < -0.4 is 0 Å². The molecule has 0 bridgehead atoms. The zero-order chi connectivity index (χ0) is 14.9. The normalized spacial score (nSPS) is 26.3. The maximum absolute atomic E-state index is 12.9. The van der Waals surface area contributed by atoms with E-state index < -0.39 is 5.41 Å². The van der Waals surface area contributed by atoms with Gasteiger partial charge in [0, 0.05) is 39.3 Å². The van der Waals surface area contributed by atoms with Crippen LogP contribution in [0.4, 0.5) is 0 Å². The molecule has 0 spiro atoms. The van der Waals surface area contributed by atoms with Gasteiger partial charge in [-0.25, -0.2) is 0 Å². The van der Waals surface area contributed by atoms with E-state index in [4.69, 9.17) is 0 Å². The summed E-state index contributed by atoms with van der Waals surface area (Å²) in [5, 5.41) is 0. The summed E-state index contributed by atoms with van der Waals surface area (Å²) in [5.74, 6) is 0.221. The minimum absolute atomic E-state index is 0.102. The van der Waals surface area contributed by atoms with E-state index in [0.717, 1.165) is 65.0 Å². The van der Waals surface area contributed by atoms with Crippen molar-refractivity contribution < 1.29 is 9.59 Å². The molecule has 3 fully saturated rings. The van der Waals surface area contributed by atoms with Gasteiger partial charge in [-0.1, -0.05) is 12.8 Å². The number of hydrogen-bond acceptors (Lipinski definition) is 3. The van der Waals surface area contributed by atoms with Gasteiger partial charge in [0.2, 0.25) is 11.8 Å². The van der Waals surface area contributed by atoms with Gasteiger partial charge in [0.05, 0.1) is 0 Å². The van der Waals surface area contributed by atoms with Crippen molar-refractivity contribution in [1.29, 1.82) is 0 Å². The van der Waals surface area contributed by atoms with Crippen LogP contribution in [0.5, 0.6) is 0 Å². The summed E-state index contributed by atoms with van der Waals surface area (Å²) in [7, 11) is 2.08. The minimum Gasteiger partial charge on any atom is -0.342 e. The summed E-state index contributed by atoms with van der Waals surface area (Å²) in [6, 6.07) is 0. The number of hydrogen-bond donors (Lipinski definition) is 0. The molecule has 1 saturated carbocycles. The Labute approximate surface area is 127 Å². The number of piperazine rings is 1. The first kappa shape index (κ1) is 14.8. The molecule has 5 heteroatoms. The van der Waals surface area contributed by atoms with Crippen molar-refractivity contribution in [2.24, 2.45) is 5.41 Å². The van der Waals surface area contributed by atoms with Crippen LogP contribution in [0.3, 0.4) is 0 Å². The Hall–Kier alpha value is -1.10. The average Bonchev–Trinajstić information content (AvgIpc) is 3.31. The smallest absolute Gasteiger partial charge is 0.238 e. The molecular weight excluding hydrogens is 266 g/mol. The lowest BCUT2D eigenvalue weighted by Gasteiger charge is -2.35. The molecule has 0 atom stereocenters. The molecule has 2 aliphatic heterocycles. The van der Waals surface area contributed by atoms with Gasteiger partial charge in [0.15, 0.2) is 0 Å². The number of likely N-dealkylation sites (N-methyl/N-ethyl adjacent to an activating group) is 1. The van der Waals surface area contributed by atoms with Gasteiger partial charge < -0.3 is 14.7 Å². The van der Waals surface area contributed by atoms with Crippen LogP contribution in [0, 0.1) is 5.41 Å². The Morgan fingerprint density at radius 1 is 0.714 bits per heavy atom. The number of likely N-dealkylation sites (tertiary alicyclic amines) is 1. The first-order valence-electron chi connectivity index (χ1n) is 8.41. The number of carbonyl (C=O) groups is 2. The zero-order valence-corrected chi connectivity index (χ0v) is 13.1. The summed E-state index contributed by atoms with van der Waals surface area (Å²) >= 11 is 0. The third-order valence-electron chi connectivity index (χ3n) is 5.25. The molecule has 1 aliphatic carbocycles. The topological polar surface area (TPSA) is 43.9 Å². The number of carbonyl (C=O) groups excluding carboxylic acids is 2. The van der Waals surface area contributed by atoms with E-state index in [1.54, 1.807) is 0 Å². The molecule has 118 valence electrons. The summed E-state index contributed by atoms with van der Waals surface area (Å²) in [5.41, 5.74) is -0.680. The van der Waals surface area contributed by atoms with Gasteiger partial charge in [-0.3, -0.25) is 9.59 Å². The molecule has 5 nitrogen and oxygen atoms in total. The highest BCUT2D eigenvalue weighted by Gasteiger charge is 2.59. The SMILES string of the molecule is CN1CCN(C(=O)C2(C(=O)N3CCCCCC3)CC2)CC1. The van der Waals surface area contributed by atoms with Crippen LogP contribution in [0.2, 0.25) is 0 Å². The molecule has 0 aromatic carbocycles. The number of rotatable bonds is 2. The van der Waals surface area contributed by atoms with Crippen LogP contribution in [0.15, 0.2) is 0 Å². The molecule has 0 unspecified atom stereocenters. The van der Waals surface area contributed by atoms with Crippen LogP contribution in [-0.4, -0.2) is 72.8 Å². The average molecular weight is 293 g/mol. The Balaban J connectivity index is 1.65. The second-order valence-corrected chi connectivity index (χ2v) is 6.88. The van der Waals surface area contributed by atoms with Crippen LogP contribution >= 0.6 is 0 Å². The second-order valence-electron chi connectivity index (χ2n) is 6.88. The van der Waals surface area contributed by atoms with E-state index in [1.807, 2.05) is 9.80 Å². The zero-order valence-electron chi connectivity index (χ0n) is 13.1. The summed E-state index contributed by atoms with van der Waals surface area (Å²) < 4.78 is 0. The van der Waals surface area contributed by atoms with Crippen molar-refractivity contribution in [3.8, 4) is 0 Å². The fraction of sp³-hybridized carbons (Fsp3) is 0.875. The summed E-state index contributed by atoms with van der Waals surface area (Å²) in [6.45, 7) is 5.06. The highest BCUT2D eigenvalue weighted by molar-refractivity contribution is 6.07. The van der Waals surface area contributed by atoms with Crippen LogP contribution in [0.25, 0.3) is 0 Å². The molecule has 0 aromatic rings. The Kier molecular flexibility index (Phi) is 4.20. The molecule has 21 heavy (non-hydrogen) atoms. The predicted molar refractivity (Wildman–Crippen MR) is 80.8 cm³/mol. The van der Waals surface area contributed by atoms with E-state index in [2.05, 4.69) is 11.9 Å². The van der Waals surface area contributed by atoms with E-state index in [9.17, 15) is 9.59 Å². The predicted octanol–water partition coefficient (Wildman–Crippen LogP) is 0.943. The quantitative estimate of drug-likeness (QED) is 0.712. The third kappa shape index (κ3) is 2.93. The molecule has 0 N–H and O–H groups in total. The minimum atomic E-state index is -0.680. The monoisotopic (exact) mass is 293 g/mol. The summed E-state index contributed by atoms with van der Waals surface area (Å²) in [4.78, 5) is 31.8. The maximum Gasteiger partial charge on any atom is 0.238 e. The second kappa shape index (κ2) is 5.95. The molecule has 0 aromatic heterocycles. The van der Waals surface area contributed by atoms with Crippen molar-refractivity contribution >= 4 is 11.8 Å². The summed E-state index contributed by atoms with van der Waals surface area (Å²) in [6.07, 6.45) is 6.11. The van der Waals surface area contributed by atoms with Crippen molar-refractivity contribution in [1.82, 2.24) is 14.7 Å². The highest BCUT2D eigenvalue weighted by atomic mass is 16.2. The molecular formula is C16H27N3O2. The molecule has 0 radical (unpaired) electrons. The number of amides is 2. The van der Waals surface area contributed by atoms with Crippen molar-refractivity contribution in [3.63, 3.8) is 0 Å². The lowest BCUT2D eigenvalue weighted by molar-refractivity contribution is -0.150. The molecule has 3 rings (SSSR count). The standard InChI is InChI=1S/C16H27N3O2/c1-17-10-12-19(13-11-17)15(21)16(6-7-16)14(20)18-8-4-2-3-5-9-18/h2-13H2,1H3. The van der Waals surface area contributed by atoms with E-state index >= 15 is 0 Å². The van der Waals surface area contributed by atoms with E-state index in [-0.39, 0.29) is 11.8 Å².